The third kappa shape index (κ3) is 0.461. The Morgan fingerprint density at radius 2 is 2.00 bits per heavy atom. The molecular formula is C13H20. The fourth-order valence-corrected chi connectivity index (χ4v) is 6.20. The van der Waals surface area contributed by atoms with Crippen molar-refractivity contribution in [2.24, 2.45) is 34.5 Å². The molecule has 6 atom stereocenters. The quantitative estimate of drug-likeness (QED) is 0.574. The minimum atomic E-state index is 0.924. The molecule has 0 heterocycles. The van der Waals surface area contributed by atoms with Crippen molar-refractivity contribution in [2.75, 3.05) is 0 Å². The maximum absolute atomic E-state index is 2.54. The Bertz CT molecular complexity index is 262. The van der Waals surface area contributed by atoms with Gasteiger partial charge in [0, 0.05) is 0 Å². The lowest BCUT2D eigenvalue weighted by molar-refractivity contribution is -0.319. The first-order valence-corrected chi connectivity index (χ1v) is 6.25. The average Bonchev–Trinajstić information content (AvgIpc) is 2.76. The summed E-state index contributed by atoms with van der Waals surface area (Å²) in [5.74, 6) is 4.63. The topological polar surface area (TPSA) is 0 Å². The smallest absolute Gasteiger partial charge is 0.0155 e. The summed E-state index contributed by atoms with van der Waals surface area (Å²) in [6.45, 7) is 4.94. The van der Waals surface area contributed by atoms with E-state index < -0.39 is 0 Å². The lowest BCUT2D eigenvalue weighted by Crippen LogP contribution is -2.74. The van der Waals surface area contributed by atoms with Crippen molar-refractivity contribution >= 4 is 0 Å². The zero-order valence-electron chi connectivity index (χ0n) is 8.84. The lowest BCUT2D eigenvalue weighted by atomic mass is 9.24. The Balaban J connectivity index is 1.70. The van der Waals surface area contributed by atoms with E-state index in [1.807, 2.05) is 0 Å². The van der Waals surface area contributed by atoms with Crippen LogP contribution in [0.1, 0.15) is 46.0 Å². The second-order valence-corrected chi connectivity index (χ2v) is 6.37. The summed E-state index contributed by atoms with van der Waals surface area (Å²) in [5.41, 5.74) is 1.86. The van der Waals surface area contributed by atoms with Gasteiger partial charge < -0.3 is 0 Å². The van der Waals surface area contributed by atoms with Crippen molar-refractivity contribution in [2.45, 2.75) is 46.0 Å². The van der Waals surface area contributed by atoms with Gasteiger partial charge in [0.25, 0.3) is 0 Å². The van der Waals surface area contributed by atoms with Crippen LogP contribution < -0.4 is 0 Å². The van der Waals surface area contributed by atoms with Gasteiger partial charge in [-0.25, -0.2) is 0 Å². The Kier molecular flexibility index (Phi) is 0.971. The predicted molar refractivity (Wildman–Crippen MR) is 53.3 cm³/mol. The lowest BCUT2D eigenvalue weighted by Gasteiger charge is -2.80. The summed E-state index contributed by atoms with van der Waals surface area (Å²) >= 11 is 0. The first kappa shape index (κ1) is 7.31. The predicted octanol–water partition coefficient (Wildman–Crippen LogP) is 3.47. The van der Waals surface area contributed by atoms with Crippen molar-refractivity contribution in [3.05, 3.63) is 0 Å². The van der Waals surface area contributed by atoms with Crippen LogP contribution in [0.2, 0.25) is 0 Å². The van der Waals surface area contributed by atoms with E-state index in [2.05, 4.69) is 13.8 Å². The van der Waals surface area contributed by atoms with Gasteiger partial charge in [0.15, 0.2) is 0 Å². The minimum absolute atomic E-state index is 0.924. The van der Waals surface area contributed by atoms with Crippen LogP contribution in [0.3, 0.4) is 0 Å². The van der Waals surface area contributed by atoms with Crippen LogP contribution in [0.4, 0.5) is 0 Å². The molecule has 0 saturated heterocycles. The first-order valence-electron chi connectivity index (χ1n) is 6.25. The largest absolute Gasteiger partial charge is 0.0651 e. The van der Waals surface area contributed by atoms with Crippen molar-refractivity contribution in [1.29, 1.82) is 0 Å². The molecule has 4 rings (SSSR count). The molecule has 6 unspecified atom stereocenters. The fourth-order valence-electron chi connectivity index (χ4n) is 6.20. The van der Waals surface area contributed by atoms with Crippen LogP contribution in [0.25, 0.3) is 0 Å². The molecule has 4 aliphatic rings. The molecule has 4 saturated carbocycles. The van der Waals surface area contributed by atoms with Crippen LogP contribution in [-0.4, -0.2) is 0 Å². The number of hydrogen-bond donors (Lipinski definition) is 0. The summed E-state index contributed by atoms with van der Waals surface area (Å²) < 4.78 is 0. The molecule has 72 valence electrons. The molecule has 13 heavy (non-hydrogen) atoms. The summed E-state index contributed by atoms with van der Waals surface area (Å²) in [6, 6.07) is 0. The molecule has 0 aromatic heterocycles. The molecule has 4 fully saturated rings. The highest BCUT2D eigenvalue weighted by Gasteiger charge is 2.85. The monoisotopic (exact) mass is 176 g/mol. The number of hydrogen-bond acceptors (Lipinski definition) is 0. The van der Waals surface area contributed by atoms with Gasteiger partial charge in [-0.1, -0.05) is 20.3 Å². The van der Waals surface area contributed by atoms with Gasteiger partial charge >= 0.3 is 0 Å². The van der Waals surface area contributed by atoms with Crippen LogP contribution >= 0.6 is 0 Å². The molecular weight excluding hydrogens is 156 g/mol. The van der Waals surface area contributed by atoms with Gasteiger partial charge in [0.2, 0.25) is 0 Å². The Labute approximate surface area is 81.1 Å². The molecule has 0 N–H and O–H groups in total. The van der Waals surface area contributed by atoms with Gasteiger partial charge in [-0.05, 0) is 60.2 Å². The van der Waals surface area contributed by atoms with E-state index in [1.54, 1.807) is 25.7 Å². The maximum Gasteiger partial charge on any atom is -0.0155 e. The first-order chi connectivity index (χ1) is 6.25. The highest BCUT2D eigenvalue weighted by atomic mass is 14.9. The normalized spacial score (nSPS) is 71.5. The molecule has 0 radical (unpaired) electrons. The zero-order valence-corrected chi connectivity index (χ0v) is 8.84. The Morgan fingerprint density at radius 3 is 2.46 bits per heavy atom. The van der Waals surface area contributed by atoms with Crippen molar-refractivity contribution in [3.63, 3.8) is 0 Å². The van der Waals surface area contributed by atoms with Gasteiger partial charge in [0.05, 0.1) is 0 Å². The zero-order chi connectivity index (χ0) is 8.84. The third-order valence-corrected chi connectivity index (χ3v) is 6.57. The second-order valence-electron chi connectivity index (χ2n) is 6.37. The SMILES string of the molecule is CCC1CC12CC1CC3CC(C)C312. The molecule has 4 aliphatic carbocycles. The summed E-state index contributed by atoms with van der Waals surface area (Å²) in [5, 5.41) is 0. The van der Waals surface area contributed by atoms with E-state index in [0.717, 1.165) is 22.7 Å². The molecule has 0 amide bonds. The maximum atomic E-state index is 2.54. The number of rotatable bonds is 1. The van der Waals surface area contributed by atoms with Crippen LogP contribution in [-0.2, 0) is 0 Å². The molecule has 0 aromatic carbocycles. The Hall–Kier alpha value is 0. The van der Waals surface area contributed by atoms with Crippen molar-refractivity contribution in [3.8, 4) is 0 Å². The molecule has 0 aliphatic heterocycles. The van der Waals surface area contributed by atoms with Gasteiger partial charge in [0.1, 0.15) is 0 Å². The van der Waals surface area contributed by atoms with E-state index in [1.165, 1.54) is 18.3 Å². The molecule has 0 bridgehead atoms. The molecule has 0 heteroatoms. The second kappa shape index (κ2) is 1.73. The van der Waals surface area contributed by atoms with E-state index in [0.29, 0.717) is 0 Å². The van der Waals surface area contributed by atoms with Gasteiger partial charge in [-0.3, -0.25) is 0 Å². The molecule has 0 nitrogen and oxygen atoms in total. The van der Waals surface area contributed by atoms with Crippen LogP contribution in [0, 0.1) is 34.5 Å². The van der Waals surface area contributed by atoms with E-state index >= 15 is 0 Å². The van der Waals surface area contributed by atoms with Crippen molar-refractivity contribution < 1.29 is 0 Å². The van der Waals surface area contributed by atoms with Crippen LogP contribution in [0.5, 0.6) is 0 Å². The van der Waals surface area contributed by atoms with Crippen LogP contribution in [0.15, 0.2) is 0 Å². The highest BCUT2D eigenvalue weighted by Crippen LogP contribution is 2.92. The Morgan fingerprint density at radius 1 is 1.15 bits per heavy atom. The fraction of sp³-hybridized carbons (Fsp3) is 1.00. The van der Waals surface area contributed by atoms with Gasteiger partial charge in [-0.2, -0.15) is 0 Å². The molecule has 0 aromatic rings. The molecule has 2 spiro atoms. The third-order valence-electron chi connectivity index (χ3n) is 6.57. The average molecular weight is 176 g/mol. The van der Waals surface area contributed by atoms with E-state index in [9.17, 15) is 0 Å². The van der Waals surface area contributed by atoms with Crippen molar-refractivity contribution in [1.82, 2.24) is 0 Å². The summed E-state index contributed by atoms with van der Waals surface area (Å²) in [4.78, 5) is 0. The van der Waals surface area contributed by atoms with Gasteiger partial charge in [-0.15, -0.1) is 0 Å². The van der Waals surface area contributed by atoms with E-state index in [-0.39, 0.29) is 0 Å². The minimum Gasteiger partial charge on any atom is -0.0651 e. The standard InChI is InChI=1S/C13H20/c1-3-9-6-12(9)7-11-5-10-4-8(2)13(10,11)12/h8-11H,3-7H2,1-2H3. The van der Waals surface area contributed by atoms with E-state index in [4.69, 9.17) is 0 Å². The summed E-state index contributed by atoms with van der Waals surface area (Å²) in [6.07, 6.45) is 7.90. The summed E-state index contributed by atoms with van der Waals surface area (Å²) in [7, 11) is 0. The highest BCUT2D eigenvalue weighted by molar-refractivity contribution is 5.33.